The molecule has 2 rings (SSSR count). The molecule has 0 radical (unpaired) electrons. The van der Waals surface area contributed by atoms with Crippen molar-refractivity contribution in [3.63, 3.8) is 0 Å². The molecule has 4 nitrogen and oxygen atoms in total. The molecule has 0 bridgehead atoms. The number of ether oxygens (including phenoxy) is 1. The molecule has 0 unspecified atom stereocenters. The van der Waals surface area contributed by atoms with Crippen LogP contribution < -0.4 is 0 Å². The molecular weight excluding hydrogens is 297 g/mol. The predicted octanol–water partition coefficient (Wildman–Crippen LogP) is 3.10. The lowest BCUT2D eigenvalue weighted by atomic mass is 9.65. The third kappa shape index (κ3) is 2.55. The zero-order valence-corrected chi connectivity index (χ0v) is 12.1. The average molecular weight is 314 g/mol. The predicted molar refractivity (Wildman–Crippen MR) is 65.1 cm³/mol. The molecule has 1 saturated carbocycles. The summed E-state index contributed by atoms with van der Waals surface area (Å²) >= 11 is 0. The van der Waals surface area contributed by atoms with Crippen LogP contribution in [0.1, 0.15) is 39.5 Å². The molecule has 0 atom stereocenters. The molecule has 0 amide bonds. The molecule has 0 aromatic rings. The highest BCUT2D eigenvalue weighted by Crippen LogP contribution is 2.51. The van der Waals surface area contributed by atoms with E-state index in [0.717, 1.165) is 0 Å². The number of hydrogen-bond acceptors (Lipinski definition) is 4. The van der Waals surface area contributed by atoms with E-state index in [1.807, 2.05) is 19.9 Å². The molecule has 1 aliphatic heterocycles. The first-order valence-corrected chi connectivity index (χ1v) is 7.75. The van der Waals surface area contributed by atoms with Crippen LogP contribution in [0.25, 0.3) is 0 Å². The molecule has 8 heteroatoms. The first-order valence-electron chi connectivity index (χ1n) is 6.34. The maximum atomic E-state index is 12.3. The fourth-order valence-electron chi connectivity index (χ4n) is 2.86. The Labute approximate surface area is 116 Å². The van der Waals surface area contributed by atoms with E-state index < -0.39 is 27.3 Å². The summed E-state index contributed by atoms with van der Waals surface area (Å²) in [6, 6.07) is 0. The summed E-state index contributed by atoms with van der Waals surface area (Å²) in [7, 11) is -5.51. The first-order chi connectivity index (χ1) is 8.99. The Morgan fingerprint density at radius 1 is 1.25 bits per heavy atom. The van der Waals surface area contributed by atoms with Gasteiger partial charge in [-0.2, -0.15) is 21.6 Å². The quantitative estimate of drug-likeness (QED) is 0.580. The molecule has 2 aliphatic rings. The number of hydrogen-bond donors (Lipinski definition) is 0. The highest BCUT2D eigenvalue weighted by Gasteiger charge is 2.52. The van der Waals surface area contributed by atoms with Crippen molar-refractivity contribution in [1.82, 2.24) is 0 Å². The highest BCUT2D eigenvalue weighted by molar-refractivity contribution is 7.87. The standard InChI is InChI=1S/C12H17F3O4S/c1-10(2)11(7-8-18-10)5-3-9(4-6-11)19-20(16,17)12(13,14)15/h7-9H,3-6H2,1-2H3. The monoisotopic (exact) mass is 314 g/mol. The third-order valence-electron chi connectivity index (χ3n) is 4.32. The van der Waals surface area contributed by atoms with Gasteiger partial charge >= 0.3 is 15.6 Å². The minimum atomic E-state index is -5.51. The number of rotatable bonds is 2. The van der Waals surface area contributed by atoms with E-state index in [0.29, 0.717) is 12.8 Å². The lowest BCUT2D eigenvalue weighted by Gasteiger charge is -2.43. The highest BCUT2D eigenvalue weighted by atomic mass is 32.2. The molecule has 0 saturated heterocycles. The summed E-state index contributed by atoms with van der Waals surface area (Å²) < 4.78 is 68.5. The molecule has 1 heterocycles. The van der Waals surface area contributed by atoms with Crippen molar-refractivity contribution >= 4 is 10.1 Å². The van der Waals surface area contributed by atoms with Gasteiger partial charge in [-0.3, -0.25) is 4.18 Å². The van der Waals surface area contributed by atoms with Crippen molar-refractivity contribution in [2.75, 3.05) is 0 Å². The van der Waals surface area contributed by atoms with Crippen LogP contribution in [-0.4, -0.2) is 25.6 Å². The molecule has 1 aliphatic carbocycles. The van der Waals surface area contributed by atoms with Crippen molar-refractivity contribution in [1.29, 1.82) is 0 Å². The van der Waals surface area contributed by atoms with Crippen LogP contribution in [0, 0.1) is 5.41 Å². The van der Waals surface area contributed by atoms with E-state index >= 15 is 0 Å². The molecule has 1 spiro atoms. The second-order valence-corrected chi connectivity index (χ2v) is 7.35. The van der Waals surface area contributed by atoms with Crippen molar-refractivity contribution in [2.45, 2.75) is 56.7 Å². The summed E-state index contributed by atoms with van der Waals surface area (Å²) in [5.74, 6) is 0. The summed E-state index contributed by atoms with van der Waals surface area (Å²) in [6.45, 7) is 3.83. The summed E-state index contributed by atoms with van der Waals surface area (Å²) in [6.07, 6.45) is 4.19. The van der Waals surface area contributed by atoms with Gasteiger partial charge in [-0.1, -0.05) is 0 Å². The number of halogens is 3. The van der Waals surface area contributed by atoms with E-state index in [4.69, 9.17) is 4.74 Å². The van der Waals surface area contributed by atoms with Crippen molar-refractivity contribution in [2.24, 2.45) is 5.41 Å². The molecule has 1 fully saturated rings. The van der Waals surface area contributed by atoms with Gasteiger partial charge in [0, 0.05) is 5.41 Å². The van der Waals surface area contributed by atoms with Crippen LogP contribution >= 0.6 is 0 Å². The Morgan fingerprint density at radius 2 is 1.80 bits per heavy atom. The van der Waals surface area contributed by atoms with Crippen LogP contribution in [0.5, 0.6) is 0 Å². The second-order valence-electron chi connectivity index (χ2n) is 5.78. The molecule has 0 aromatic carbocycles. The maximum Gasteiger partial charge on any atom is 0.523 e. The fourth-order valence-corrected chi connectivity index (χ4v) is 3.52. The largest absolute Gasteiger partial charge is 0.523 e. The van der Waals surface area contributed by atoms with Crippen LogP contribution in [0.2, 0.25) is 0 Å². The van der Waals surface area contributed by atoms with Crippen molar-refractivity contribution in [3.05, 3.63) is 12.3 Å². The lowest BCUT2D eigenvalue weighted by Crippen LogP contribution is -2.44. The Hall–Kier alpha value is -0.760. The Balaban J connectivity index is 2.01. The van der Waals surface area contributed by atoms with Crippen LogP contribution in [-0.2, 0) is 19.0 Å². The maximum absolute atomic E-state index is 12.3. The van der Waals surface area contributed by atoms with Gasteiger partial charge in [-0.15, -0.1) is 0 Å². The SMILES string of the molecule is CC1(C)OC=CC12CCC(OS(=O)(=O)C(F)(F)F)CC2. The molecule has 0 aromatic heterocycles. The molecule has 20 heavy (non-hydrogen) atoms. The minimum absolute atomic E-state index is 0.255. The third-order valence-corrected chi connectivity index (χ3v) is 5.41. The van der Waals surface area contributed by atoms with Crippen molar-refractivity contribution in [3.8, 4) is 0 Å². The van der Waals surface area contributed by atoms with E-state index in [1.54, 1.807) is 6.26 Å². The van der Waals surface area contributed by atoms with Crippen LogP contribution in [0.15, 0.2) is 12.3 Å². The smallest absolute Gasteiger partial charge is 0.495 e. The molecule has 0 N–H and O–H groups in total. The zero-order chi connectivity index (χ0) is 15.2. The van der Waals surface area contributed by atoms with Crippen LogP contribution in [0.4, 0.5) is 13.2 Å². The molecular formula is C12H17F3O4S. The molecule has 116 valence electrons. The number of alkyl halides is 3. The Kier molecular flexibility index (Phi) is 3.61. The Bertz CT molecular complexity index is 499. The topological polar surface area (TPSA) is 52.6 Å². The second kappa shape index (κ2) is 4.62. The van der Waals surface area contributed by atoms with Gasteiger partial charge in [0.1, 0.15) is 5.60 Å². The van der Waals surface area contributed by atoms with E-state index in [9.17, 15) is 21.6 Å². The average Bonchev–Trinajstić information content (AvgIpc) is 2.56. The van der Waals surface area contributed by atoms with Gasteiger partial charge in [0.2, 0.25) is 0 Å². The van der Waals surface area contributed by atoms with Gasteiger partial charge in [0.05, 0.1) is 12.4 Å². The summed E-state index contributed by atoms with van der Waals surface area (Å²) in [5, 5.41) is 0. The lowest BCUT2D eigenvalue weighted by molar-refractivity contribution is -0.0670. The van der Waals surface area contributed by atoms with E-state index in [1.165, 1.54) is 0 Å². The van der Waals surface area contributed by atoms with Crippen LogP contribution in [0.3, 0.4) is 0 Å². The van der Waals surface area contributed by atoms with Gasteiger partial charge in [-0.25, -0.2) is 0 Å². The fraction of sp³-hybridized carbons (Fsp3) is 0.833. The van der Waals surface area contributed by atoms with E-state index in [-0.39, 0.29) is 18.3 Å². The summed E-state index contributed by atoms with van der Waals surface area (Å²) in [4.78, 5) is 0. The van der Waals surface area contributed by atoms with Gasteiger partial charge in [0.25, 0.3) is 0 Å². The minimum Gasteiger partial charge on any atom is -0.495 e. The summed E-state index contributed by atoms with van der Waals surface area (Å²) in [5.41, 5.74) is -6.05. The first kappa shape index (κ1) is 15.6. The normalized spacial score (nSPS) is 33.4. The van der Waals surface area contributed by atoms with E-state index in [2.05, 4.69) is 4.18 Å². The van der Waals surface area contributed by atoms with Gasteiger partial charge in [0.15, 0.2) is 0 Å². The zero-order valence-electron chi connectivity index (χ0n) is 11.2. The Morgan fingerprint density at radius 3 is 2.20 bits per heavy atom. The van der Waals surface area contributed by atoms with Gasteiger partial charge < -0.3 is 4.74 Å². The van der Waals surface area contributed by atoms with Gasteiger partial charge in [-0.05, 0) is 45.6 Å². The van der Waals surface area contributed by atoms with Crippen molar-refractivity contribution < 1.29 is 30.5 Å².